The second kappa shape index (κ2) is 6.71. The van der Waals surface area contributed by atoms with E-state index in [2.05, 4.69) is 11.4 Å². The van der Waals surface area contributed by atoms with E-state index < -0.39 is 5.41 Å². The Balaban J connectivity index is 1.64. The van der Waals surface area contributed by atoms with E-state index in [0.717, 1.165) is 12.0 Å². The molecule has 1 amide bonds. The predicted octanol–water partition coefficient (Wildman–Crippen LogP) is 4.04. The number of hydrogen-bond acceptors (Lipinski definition) is 3. The van der Waals surface area contributed by atoms with E-state index in [1.165, 1.54) is 12.1 Å². The van der Waals surface area contributed by atoms with Gasteiger partial charge in [-0.1, -0.05) is 18.2 Å². The van der Waals surface area contributed by atoms with Gasteiger partial charge in [0.25, 0.3) is 0 Å². The van der Waals surface area contributed by atoms with Crippen molar-refractivity contribution in [2.24, 2.45) is 5.41 Å². The number of ether oxygens (including phenoxy) is 1. The minimum Gasteiger partial charge on any atom is -0.489 e. The lowest BCUT2D eigenvalue weighted by Gasteiger charge is -2.33. The van der Waals surface area contributed by atoms with Crippen molar-refractivity contribution in [2.45, 2.75) is 25.9 Å². The maximum absolute atomic E-state index is 13.1. The summed E-state index contributed by atoms with van der Waals surface area (Å²) in [4.78, 5) is 12.3. The van der Waals surface area contributed by atoms with Gasteiger partial charge in [-0.2, -0.15) is 5.26 Å². The summed E-state index contributed by atoms with van der Waals surface area (Å²) < 4.78 is 18.7. The molecule has 0 heterocycles. The lowest BCUT2D eigenvalue weighted by atomic mass is 9.69. The van der Waals surface area contributed by atoms with Crippen molar-refractivity contribution >= 4 is 11.6 Å². The molecule has 2 aromatic carbocycles. The molecule has 5 heteroatoms. The molecule has 3 rings (SSSR count). The van der Waals surface area contributed by atoms with Crippen LogP contribution in [0, 0.1) is 22.6 Å². The van der Waals surface area contributed by atoms with Gasteiger partial charge >= 0.3 is 0 Å². The van der Waals surface area contributed by atoms with Crippen molar-refractivity contribution < 1.29 is 13.9 Å². The van der Waals surface area contributed by atoms with Crippen molar-refractivity contribution in [1.29, 1.82) is 5.26 Å². The van der Waals surface area contributed by atoms with E-state index in [-0.39, 0.29) is 18.3 Å². The first-order valence-electron chi connectivity index (χ1n) is 7.81. The number of hydrogen-bond donors (Lipinski definition) is 1. The molecule has 4 nitrogen and oxygen atoms in total. The SMILES string of the molecule is N#CC1(C(=O)Nc2cccc(COc3cccc(F)c3)c2)CCC1. The van der Waals surface area contributed by atoms with Gasteiger partial charge in [0.2, 0.25) is 5.91 Å². The molecular formula is C19H17FN2O2. The minimum atomic E-state index is -0.881. The quantitative estimate of drug-likeness (QED) is 0.903. The van der Waals surface area contributed by atoms with Gasteiger partial charge in [0.05, 0.1) is 6.07 Å². The van der Waals surface area contributed by atoms with E-state index in [9.17, 15) is 14.4 Å². The summed E-state index contributed by atoms with van der Waals surface area (Å²) in [7, 11) is 0. The number of halogens is 1. The predicted molar refractivity (Wildman–Crippen MR) is 87.7 cm³/mol. The molecule has 0 saturated heterocycles. The fourth-order valence-corrected chi connectivity index (χ4v) is 2.63. The van der Waals surface area contributed by atoms with Crippen LogP contribution in [0.25, 0.3) is 0 Å². The monoisotopic (exact) mass is 324 g/mol. The summed E-state index contributed by atoms with van der Waals surface area (Å²) in [6, 6.07) is 15.3. The first-order chi connectivity index (χ1) is 11.6. The molecule has 1 aliphatic carbocycles. The zero-order chi connectivity index (χ0) is 17.0. The van der Waals surface area contributed by atoms with Gasteiger partial charge in [0.1, 0.15) is 23.6 Å². The smallest absolute Gasteiger partial charge is 0.244 e. The highest BCUT2D eigenvalue weighted by Gasteiger charge is 2.44. The Hall–Kier alpha value is -2.87. The highest BCUT2D eigenvalue weighted by atomic mass is 19.1. The Morgan fingerprint density at radius 2 is 2.04 bits per heavy atom. The summed E-state index contributed by atoms with van der Waals surface area (Å²) in [5.41, 5.74) is 0.590. The van der Waals surface area contributed by atoms with Crippen LogP contribution in [0.15, 0.2) is 48.5 Å². The third kappa shape index (κ3) is 3.38. The Labute approximate surface area is 139 Å². The summed E-state index contributed by atoms with van der Waals surface area (Å²) in [5.74, 6) is -0.155. The minimum absolute atomic E-state index is 0.251. The van der Waals surface area contributed by atoms with Gasteiger partial charge in [0, 0.05) is 11.8 Å². The zero-order valence-corrected chi connectivity index (χ0v) is 13.1. The first-order valence-corrected chi connectivity index (χ1v) is 7.81. The number of carbonyl (C=O) groups excluding carboxylic acids is 1. The molecule has 0 bridgehead atoms. The molecule has 0 aliphatic heterocycles. The van der Waals surface area contributed by atoms with Crippen molar-refractivity contribution in [3.63, 3.8) is 0 Å². The number of amides is 1. The Morgan fingerprint density at radius 3 is 2.71 bits per heavy atom. The van der Waals surface area contributed by atoms with E-state index in [4.69, 9.17) is 4.74 Å². The van der Waals surface area contributed by atoms with Crippen molar-refractivity contribution in [1.82, 2.24) is 0 Å². The fraction of sp³-hybridized carbons (Fsp3) is 0.263. The molecule has 1 N–H and O–H groups in total. The number of nitriles is 1. The maximum Gasteiger partial charge on any atom is 0.244 e. The van der Waals surface area contributed by atoms with Gasteiger partial charge in [-0.3, -0.25) is 4.79 Å². The van der Waals surface area contributed by atoms with Crippen LogP contribution in [-0.4, -0.2) is 5.91 Å². The highest BCUT2D eigenvalue weighted by molar-refractivity contribution is 5.97. The zero-order valence-electron chi connectivity index (χ0n) is 13.1. The van der Waals surface area contributed by atoms with Crippen LogP contribution in [0.2, 0.25) is 0 Å². The Morgan fingerprint density at radius 1 is 1.25 bits per heavy atom. The molecule has 24 heavy (non-hydrogen) atoms. The lowest BCUT2D eigenvalue weighted by Crippen LogP contribution is -2.40. The number of nitrogens with zero attached hydrogens (tertiary/aromatic N) is 1. The number of benzene rings is 2. The molecular weight excluding hydrogens is 307 g/mol. The molecule has 0 aromatic heterocycles. The topological polar surface area (TPSA) is 62.1 Å². The lowest BCUT2D eigenvalue weighted by molar-refractivity contribution is -0.126. The van der Waals surface area contributed by atoms with Crippen LogP contribution < -0.4 is 10.1 Å². The molecule has 1 aliphatic rings. The largest absolute Gasteiger partial charge is 0.489 e. The van der Waals surface area contributed by atoms with Crippen LogP contribution in [-0.2, 0) is 11.4 Å². The fourth-order valence-electron chi connectivity index (χ4n) is 2.63. The maximum atomic E-state index is 13.1. The Bertz CT molecular complexity index is 794. The van der Waals surface area contributed by atoms with E-state index in [0.29, 0.717) is 24.3 Å². The van der Waals surface area contributed by atoms with E-state index >= 15 is 0 Å². The van der Waals surface area contributed by atoms with Crippen LogP contribution in [0.3, 0.4) is 0 Å². The van der Waals surface area contributed by atoms with Gasteiger partial charge in [-0.15, -0.1) is 0 Å². The average molecular weight is 324 g/mol. The molecule has 0 spiro atoms. The van der Waals surface area contributed by atoms with Crippen LogP contribution in [0.5, 0.6) is 5.75 Å². The standard InChI is InChI=1S/C19H17FN2O2/c20-15-5-2-7-17(11-15)24-12-14-4-1-6-16(10-14)22-18(23)19(13-21)8-3-9-19/h1-2,4-7,10-11H,3,8-9,12H2,(H,22,23). The molecule has 0 unspecified atom stereocenters. The number of anilines is 1. The molecule has 2 aromatic rings. The van der Waals surface area contributed by atoms with Gasteiger partial charge < -0.3 is 10.1 Å². The van der Waals surface area contributed by atoms with Crippen LogP contribution in [0.4, 0.5) is 10.1 Å². The first kappa shape index (κ1) is 16.0. The van der Waals surface area contributed by atoms with Crippen LogP contribution >= 0.6 is 0 Å². The molecule has 1 fully saturated rings. The molecule has 1 saturated carbocycles. The van der Waals surface area contributed by atoms with Crippen molar-refractivity contribution in [3.05, 3.63) is 59.9 Å². The second-order valence-corrected chi connectivity index (χ2v) is 5.95. The van der Waals surface area contributed by atoms with E-state index in [1.807, 2.05) is 6.07 Å². The summed E-state index contributed by atoms with van der Waals surface area (Å²) in [6.45, 7) is 0.260. The average Bonchev–Trinajstić information content (AvgIpc) is 2.53. The van der Waals surface area contributed by atoms with Gasteiger partial charge in [-0.25, -0.2) is 4.39 Å². The number of nitrogens with one attached hydrogen (secondary N) is 1. The number of rotatable bonds is 5. The Kier molecular flexibility index (Phi) is 4.48. The van der Waals surface area contributed by atoms with Crippen molar-refractivity contribution in [3.8, 4) is 11.8 Å². The highest BCUT2D eigenvalue weighted by Crippen LogP contribution is 2.41. The second-order valence-electron chi connectivity index (χ2n) is 5.95. The van der Waals surface area contributed by atoms with Gasteiger partial charge in [0.15, 0.2) is 0 Å². The molecule has 122 valence electrons. The van der Waals surface area contributed by atoms with Crippen LogP contribution in [0.1, 0.15) is 24.8 Å². The third-order valence-corrected chi connectivity index (χ3v) is 4.24. The van der Waals surface area contributed by atoms with Crippen molar-refractivity contribution in [2.75, 3.05) is 5.32 Å². The summed E-state index contributed by atoms with van der Waals surface area (Å²) >= 11 is 0. The molecule has 0 radical (unpaired) electrons. The third-order valence-electron chi connectivity index (χ3n) is 4.24. The van der Waals surface area contributed by atoms with Gasteiger partial charge in [-0.05, 0) is 49.1 Å². The summed E-state index contributed by atoms with van der Waals surface area (Å²) in [6.07, 6.45) is 2.12. The number of carbonyl (C=O) groups is 1. The normalized spacial score (nSPS) is 15.0. The molecule has 0 atom stereocenters. The summed E-state index contributed by atoms with van der Waals surface area (Å²) in [5, 5.41) is 12.0. The van der Waals surface area contributed by atoms with E-state index in [1.54, 1.807) is 30.3 Å².